The molecule has 0 aliphatic carbocycles. The van der Waals surface area contributed by atoms with Crippen LogP contribution in [0.4, 0.5) is 15.8 Å². The molecule has 0 bridgehead atoms. The molecular formula is C15H13FN2O5. The van der Waals surface area contributed by atoms with E-state index >= 15 is 0 Å². The third-order valence-corrected chi connectivity index (χ3v) is 3.03. The van der Waals surface area contributed by atoms with Crippen molar-refractivity contribution in [2.45, 2.75) is 0 Å². The molecule has 0 saturated carbocycles. The lowest BCUT2D eigenvalue weighted by molar-refractivity contribution is -0.384. The summed E-state index contributed by atoms with van der Waals surface area (Å²) in [5.41, 5.74) is -0.414. The van der Waals surface area contributed by atoms with E-state index in [0.717, 1.165) is 12.1 Å². The standard InChI is InChI=1S/C15H13FN2O5/c1-22-13-7-11(12(18(20)21)8-14(13)23-2)17-15(19)9-4-3-5-10(16)6-9/h3-8H,1-2H3,(H,17,19). The second-order valence-electron chi connectivity index (χ2n) is 4.45. The van der Waals surface area contributed by atoms with Crippen LogP contribution in [0.5, 0.6) is 11.5 Å². The molecule has 23 heavy (non-hydrogen) atoms. The summed E-state index contributed by atoms with van der Waals surface area (Å²) in [5.74, 6) is -0.894. The van der Waals surface area contributed by atoms with Crippen LogP contribution < -0.4 is 14.8 Å². The van der Waals surface area contributed by atoms with Crippen molar-refractivity contribution in [1.29, 1.82) is 0 Å². The third kappa shape index (κ3) is 3.54. The molecule has 0 atom stereocenters. The van der Waals surface area contributed by atoms with Gasteiger partial charge in [0.1, 0.15) is 11.5 Å². The molecule has 2 rings (SSSR count). The fourth-order valence-corrected chi connectivity index (χ4v) is 1.94. The van der Waals surface area contributed by atoms with Gasteiger partial charge in [-0.05, 0) is 18.2 Å². The molecule has 1 amide bonds. The highest BCUT2D eigenvalue weighted by molar-refractivity contribution is 6.05. The predicted octanol–water partition coefficient (Wildman–Crippen LogP) is 3.00. The van der Waals surface area contributed by atoms with Gasteiger partial charge in [0.05, 0.1) is 25.2 Å². The Morgan fingerprint density at radius 1 is 1.17 bits per heavy atom. The minimum absolute atomic E-state index is 0.0362. The fourth-order valence-electron chi connectivity index (χ4n) is 1.94. The van der Waals surface area contributed by atoms with E-state index in [1.54, 1.807) is 0 Å². The number of benzene rings is 2. The highest BCUT2D eigenvalue weighted by Crippen LogP contribution is 2.37. The number of nitrogens with one attached hydrogen (secondary N) is 1. The number of anilines is 1. The first-order chi connectivity index (χ1) is 11.0. The second kappa shape index (κ2) is 6.73. The number of nitro benzene ring substituents is 1. The van der Waals surface area contributed by atoms with E-state index in [0.29, 0.717) is 0 Å². The molecule has 0 heterocycles. The lowest BCUT2D eigenvalue weighted by atomic mass is 10.2. The Hall–Kier alpha value is -3.16. The van der Waals surface area contributed by atoms with Gasteiger partial charge < -0.3 is 14.8 Å². The molecule has 0 fully saturated rings. The molecule has 1 N–H and O–H groups in total. The first-order valence-corrected chi connectivity index (χ1v) is 6.43. The van der Waals surface area contributed by atoms with Crippen molar-refractivity contribution in [2.75, 3.05) is 19.5 Å². The van der Waals surface area contributed by atoms with Crippen molar-refractivity contribution in [3.05, 3.63) is 57.9 Å². The largest absolute Gasteiger partial charge is 0.493 e. The van der Waals surface area contributed by atoms with Crippen molar-refractivity contribution >= 4 is 17.3 Å². The molecule has 0 saturated heterocycles. The molecule has 120 valence electrons. The van der Waals surface area contributed by atoms with Gasteiger partial charge >= 0.3 is 0 Å². The normalized spacial score (nSPS) is 10.0. The predicted molar refractivity (Wildman–Crippen MR) is 80.6 cm³/mol. The van der Waals surface area contributed by atoms with Crippen molar-refractivity contribution in [3.63, 3.8) is 0 Å². The topological polar surface area (TPSA) is 90.7 Å². The average molecular weight is 320 g/mol. The van der Waals surface area contributed by atoms with E-state index in [1.165, 1.54) is 38.5 Å². The Morgan fingerprint density at radius 2 is 1.83 bits per heavy atom. The number of nitro groups is 1. The maximum absolute atomic E-state index is 13.2. The summed E-state index contributed by atoms with van der Waals surface area (Å²) in [6.07, 6.45) is 0. The summed E-state index contributed by atoms with van der Waals surface area (Å²) in [6.45, 7) is 0. The van der Waals surface area contributed by atoms with Gasteiger partial charge in [-0.3, -0.25) is 14.9 Å². The van der Waals surface area contributed by atoms with Gasteiger partial charge in [-0.15, -0.1) is 0 Å². The monoisotopic (exact) mass is 320 g/mol. The second-order valence-corrected chi connectivity index (χ2v) is 4.45. The minimum Gasteiger partial charge on any atom is -0.493 e. The lowest BCUT2D eigenvalue weighted by Gasteiger charge is -2.11. The molecule has 0 radical (unpaired) electrons. The zero-order valence-electron chi connectivity index (χ0n) is 12.3. The van der Waals surface area contributed by atoms with Crippen molar-refractivity contribution in [3.8, 4) is 11.5 Å². The third-order valence-electron chi connectivity index (χ3n) is 3.03. The molecule has 2 aromatic rings. The van der Waals surface area contributed by atoms with Crippen LogP contribution in [0.15, 0.2) is 36.4 Å². The molecule has 0 aliphatic rings. The minimum atomic E-state index is -0.681. The van der Waals surface area contributed by atoms with Crippen LogP contribution in [0.25, 0.3) is 0 Å². The fraction of sp³-hybridized carbons (Fsp3) is 0.133. The molecule has 0 unspecified atom stereocenters. The number of hydrogen-bond acceptors (Lipinski definition) is 5. The molecular weight excluding hydrogens is 307 g/mol. The number of halogens is 1. The zero-order chi connectivity index (χ0) is 17.0. The van der Waals surface area contributed by atoms with Crippen molar-refractivity contribution in [1.82, 2.24) is 0 Å². The van der Waals surface area contributed by atoms with Crippen LogP contribution in [0.1, 0.15) is 10.4 Å². The van der Waals surface area contributed by atoms with Crippen LogP contribution >= 0.6 is 0 Å². The first kappa shape index (κ1) is 16.2. The van der Waals surface area contributed by atoms with Crippen molar-refractivity contribution < 1.29 is 23.6 Å². The number of rotatable bonds is 5. The number of carbonyl (C=O) groups excluding carboxylic acids is 1. The van der Waals surface area contributed by atoms with E-state index in [1.807, 2.05) is 0 Å². The van der Waals surface area contributed by atoms with Gasteiger partial charge in [0, 0.05) is 11.6 Å². The summed E-state index contributed by atoms with van der Waals surface area (Å²) in [4.78, 5) is 22.6. The number of carbonyl (C=O) groups is 1. The van der Waals surface area contributed by atoms with E-state index < -0.39 is 16.6 Å². The molecule has 7 nitrogen and oxygen atoms in total. The van der Waals surface area contributed by atoms with Gasteiger partial charge in [0.2, 0.25) is 0 Å². The van der Waals surface area contributed by atoms with Crippen LogP contribution in [0, 0.1) is 15.9 Å². The Balaban J connectivity index is 2.41. The van der Waals surface area contributed by atoms with E-state index in [-0.39, 0.29) is 28.4 Å². The summed E-state index contributed by atoms with van der Waals surface area (Å²) in [5, 5.41) is 13.5. The van der Waals surface area contributed by atoms with E-state index in [2.05, 4.69) is 5.32 Å². The van der Waals surface area contributed by atoms with E-state index in [4.69, 9.17) is 9.47 Å². The van der Waals surface area contributed by atoms with Gasteiger partial charge in [-0.1, -0.05) is 6.07 Å². The Bertz CT molecular complexity index is 764. The summed E-state index contributed by atoms with van der Waals surface area (Å²) in [6, 6.07) is 7.39. The van der Waals surface area contributed by atoms with Gasteiger partial charge in [0.15, 0.2) is 11.5 Å². The van der Waals surface area contributed by atoms with Crippen LogP contribution in [0.2, 0.25) is 0 Å². The number of amides is 1. The molecule has 0 aromatic heterocycles. The summed E-state index contributed by atoms with van der Waals surface area (Å²) in [7, 11) is 2.70. The van der Waals surface area contributed by atoms with Crippen LogP contribution in [0.3, 0.4) is 0 Å². The first-order valence-electron chi connectivity index (χ1n) is 6.43. The van der Waals surface area contributed by atoms with Crippen LogP contribution in [-0.2, 0) is 0 Å². The highest BCUT2D eigenvalue weighted by Gasteiger charge is 2.21. The summed E-state index contributed by atoms with van der Waals surface area (Å²) >= 11 is 0. The molecule has 0 spiro atoms. The van der Waals surface area contributed by atoms with Crippen LogP contribution in [-0.4, -0.2) is 25.1 Å². The SMILES string of the molecule is COc1cc(NC(=O)c2cccc(F)c2)c([N+](=O)[O-])cc1OC. The van der Waals surface area contributed by atoms with Crippen molar-refractivity contribution in [2.24, 2.45) is 0 Å². The Kier molecular flexibility index (Phi) is 4.75. The maximum Gasteiger partial charge on any atom is 0.296 e. The lowest BCUT2D eigenvalue weighted by Crippen LogP contribution is -2.13. The number of ether oxygens (including phenoxy) is 2. The van der Waals surface area contributed by atoms with E-state index in [9.17, 15) is 19.3 Å². The summed E-state index contributed by atoms with van der Waals surface area (Å²) < 4.78 is 23.2. The smallest absolute Gasteiger partial charge is 0.296 e. The Labute approximate surface area is 130 Å². The number of nitrogens with zero attached hydrogens (tertiary/aromatic N) is 1. The highest BCUT2D eigenvalue weighted by atomic mass is 19.1. The molecule has 0 aliphatic heterocycles. The average Bonchev–Trinajstić information content (AvgIpc) is 2.54. The quantitative estimate of drug-likeness (QED) is 0.675. The number of methoxy groups -OCH3 is 2. The van der Waals surface area contributed by atoms with Gasteiger partial charge in [0.25, 0.3) is 11.6 Å². The Morgan fingerprint density at radius 3 is 2.39 bits per heavy atom. The molecule has 2 aromatic carbocycles. The zero-order valence-corrected chi connectivity index (χ0v) is 12.3. The maximum atomic E-state index is 13.2. The van der Waals surface area contributed by atoms with Gasteiger partial charge in [-0.25, -0.2) is 4.39 Å². The molecule has 8 heteroatoms. The number of hydrogen-bond donors (Lipinski definition) is 1. The van der Waals surface area contributed by atoms with Gasteiger partial charge in [-0.2, -0.15) is 0 Å².